The zero-order valence-electron chi connectivity index (χ0n) is 10.8. The number of likely N-dealkylation sites (N-methyl/N-ethyl adjacent to an activating group) is 1. The van der Waals surface area contributed by atoms with E-state index in [1.165, 1.54) is 5.56 Å². The summed E-state index contributed by atoms with van der Waals surface area (Å²) >= 11 is 0. The van der Waals surface area contributed by atoms with Crippen LogP contribution >= 0.6 is 0 Å². The van der Waals surface area contributed by atoms with E-state index in [1.807, 2.05) is 26.1 Å². The van der Waals surface area contributed by atoms with Crippen LogP contribution in [-0.2, 0) is 7.05 Å². The molecule has 0 bridgehead atoms. The number of carbonyl (C=O) groups is 1. The van der Waals surface area contributed by atoms with Gasteiger partial charge in [-0.3, -0.25) is 4.79 Å². The van der Waals surface area contributed by atoms with Gasteiger partial charge in [-0.25, -0.2) is 0 Å². The molecule has 1 N–H and O–H groups in total. The number of nitrogens with one attached hydrogen (secondary N) is 1. The van der Waals surface area contributed by atoms with E-state index in [4.69, 9.17) is 0 Å². The van der Waals surface area contributed by atoms with E-state index in [-0.39, 0.29) is 5.78 Å². The van der Waals surface area contributed by atoms with Crippen molar-refractivity contribution in [2.45, 2.75) is 13.8 Å². The number of para-hydroxylation sites is 1. The molecule has 2 rings (SSSR count). The zero-order valence-corrected chi connectivity index (χ0v) is 10.8. The number of carbonyl (C=O) groups excluding carboxylic acids is 1. The zero-order chi connectivity index (χ0) is 12.6. The van der Waals surface area contributed by atoms with E-state index < -0.39 is 0 Å². The second kappa shape index (κ2) is 4.34. The molecule has 0 aliphatic carbocycles. The number of fused-ring (bicyclic) bond motifs is 1. The predicted octanol–water partition coefficient (Wildman–Crippen LogP) is 2.20. The quantitative estimate of drug-likeness (QED) is 0.820. The molecule has 0 unspecified atom stereocenters. The fourth-order valence-corrected chi connectivity index (χ4v) is 2.44. The van der Waals surface area contributed by atoms with Gasteiger partial charge < -0.3 is 9.88 Å². The molecule has 1 heterocycles. The first-order chi connectivity index (χ1) is 8.07. The standard InChI is InChI=1S/C14H18N2O/c1-9-6-5-7-11-13(12(17)8-15-3)10(2)16(4)14(9)11/h5-7,15H,8H2,1-4H3. The Balaban J connectivity index is 2.76. The maximum atomic E-state index is 12.1. The molecule has 0 saturated heterocycles. The first-order valence-electron chi connectivity index (χ1n) is 5.80. The highest BCUT2D eigenvalue weighted by Crippen LogP contribution is 2.27. The summed E-state index contributed by atoms with van der Waals surface area (Å²) in [7, 11) is 3.81. The minimum absolute atomic E-state index is 0.154. The highest BCUT2D eigenvalue weighted by atomic mass is 16.1. The molecule has 0 fully saturated rings. The third kappa shape index (κ3) is 1.76. The SMILES string of the molecule is CNCC(=O)c1c(C)n(C)c2c(C)cccc12. The van der Waals surface area contributed by atoms with E-state index in [1.54, 1.807) is 7.05 Å². The van der Waals surface area contributed by atoms with Crippen LogP contribution < -0.4 is 5.32 Å². The molecule has 0 saturated carbocycles. The van der Waals surface area contributed by atoms with Crippen LogP contribution in [0.2, 0.25) is 0 Å². The Labute approximate surface area is 101 Å². The number of aryl methyl sites for hydroxylation is 2. The summed E-state index contributed by atoms with van der Waals surface area (Å²) < 4.78 is 2.10. The van der Waals surface area contributed by atoms with Gasteiger partial charge in [0, 0.05) is 23.7 Å². The number of nitrogens with zero attached hydrogens (tertiary/aromatic N) is 1. The van der Waals surface area contributed by atoms with Crippen LogP contribution in [0, 0.1) is 13.8 Å². The van der Waals surface area contributed by atoms with Crippen LogP contribution in [0.15, 0.2) is 18.2 Å². The normalized spacial score (nSPS) is 11.1. The summed E-state index contributed by atoms with van der Waals surface area (Å²) in [4.78, 5) is 12.1. The monoisotopic (exact) mass is 230 g/mol. The van der Waals surface area contributed by atoms with Crippen molar-refractivity contribution in [3.8, 4) is 0 Å². The van der Waals surface area contributed by atoms with Crippen molar-refractivity contribution in [1.29, 1.82) is 0 Å². The van der Waals surface area contributed by atoms with Crippen molar-refractivity contribution in [2.75, 3.05) is 13.6 Å². The first-order valence-corrected chi connectivity index (χ1v) is 5.80. The van der Waals surface area contributed by atoms with E-state index in [9.17, 15) is 4.79 Å². The molecule has 1 aromatic heterocycles. The van der Waals surface area contributed by atoms with Crippen LogP contribution in [0.25, 0.3) is 10.9 Å². The number of hydrogen-bond donors (Lipinski definition) is 1. The molecule has 0 aliphatic rings. The molecular formula is C14H18N2O. The molecule has 0 aliphatic heterocycles. The van der Waals surface area contributed by atoms with Crippen LogP contribution in [0.5, 0.6) is 0 Å². The molecule has 0 amide bonds. The second-order valence-electron chi connectivity index (χ2n) is 4.44. The number of hydrogen-bond acceptors (Lipinski definition) is 2. The van der Waals surface area contributed by atoms with Crippen LogP contribution in [-0.4, -0.2) is 23.9 Å². The maximum Gasteiger partial charge on any atom is 0.179 e. The number of benzene rings is 1. The Morgan fingerprint density at radius 2 is 2.06 bits per heavy atom. The van der Waals surface area contributed by atoms with Crippen LogP contribution in [0.1, 0.15) is 21.6 Å². The minimum atomic E-state index is 0.154. The van der Waals surface area contributed by atoms with Gasteiger partial charge in [-0.15, -0.1) is 0 Å². The lowest BCUT2D eigenvalue weighted by atomic mass is 10.0. The van der Waals surface area contributed by atoms with Gasteiger partial charge >= 0.3 is 0 Å². The Bertz CT molecular complexity index is 581. The van der Waals surface area contributed by atoms with Crippen LogP contribution in [0.4, 0.5) is 0 Å². The largest absolute Gasteiger partial charge is 0.347 e. The van der Waals surface area contributed by atoms with Gasteiger partial charge in [-0.05, 0) is 26.5 Å². The summed E-state index contributed by atoms with van der Waals surface area (Å²) in [5.41, 5.74) is 4.25. The third-order valence-corrected chi connectivity index (χ3v) is 3.32. The van der Waals surface area contributed by atoms with Crippen molar-refractivity contribution in [2.24, 2.45) is 7.05 Å². The van der Waals surface area contributed by atoms with Crippen LogP contribution in [0.3, 0.4) is 0 Å². The highest BCUT2D eigenvalue weighted by Gasteiger charge is 2.18. The van der Waals surface area contributed by atoms with Gasteiger partial charge in [-0.1, -0.05) is 18.2 Å². The van der Waals surface area contributed by atoms with Gasteiger partial charge in [0.2, 0.25) is 0 Å². The van der Waals surface area contributed by atoms with Gasteiger partial charge in [0.05, 0.1) is 12.1 Å². The predicted molar refractivity (Wildman–Crippen MR) is 70.7 cm³/mol. The van der Waals surface area contributed by atoms with E-state index in [2.05, 4.69) is 22.9 Å². The van der Waals surface area contributed by atoms with E-state index in [0.717, 1.165) is 22.2 Å². The number of Topliss-reactive ketones (excluding diaryl/α,β-unsaturated/α-hetero) is 1. The third-order valence-electron chi connectivity index (χ3n) is 3.32. The second-order valence-corrected chi connectivity index (χ2v) is 4.44. The molecular weight excluding hydrogens is 212 g/mol. The lowest BCUT2D eigenvalue weighted by Crippen LogP contribution is -2.19. The van der Waals surface area contributed by atoms with Crippen molar-refractivity contribution in [3.05, 3.63) is 35.0 Å². The number of ketones is 1. The molecule has 17 heavy (non-hydrogen) atoms. The topological polar surface area (TPSA) is 34.0 Å². The molecule has 3 nitrogen and oxygen atoms in total. The molecule has 0 radical (unpaired) electrons. The Morgan fingerprint density at radius 3 is 2.71 bits per heavy atom. The smallest absolute Gasteiger partial charge is 0.179 e. The van der Waals surface area contributed by atoms with Crippen molar-refractivity contribution in [3.63, 3.8) is 0 Å². The molecule has 0 spiro atoms. The Morgan fingerprint density at radius 1 is 1.35 bits per heavy atom. The maximum absolute atomic E-state index is 12.1. The first kappa shape index (κ1) is 11.9. The molecule has 90 valence electrons. The average Bonchev–Trinajstić information content (AvgIpc) is 2.53. The molecule has 1 aromatic carbocycles. The summed E-state index contributed by atoms with van der Waals surface area (Å²) in [5.74, 6) is 0.154. The minimum Gasteiger partial charge on any atom is -0.347 e. The van der Waals surface area contributed by atoms with Gasteiger partial charge in [0.1, 0.15) is 0 Å². The number of aromatic nitrogens is 1. The van der Waals surface area contributed by atoms with Gasteiger partial charge in [-0.2, -0.15) is 0 Å². The Hall–Kier alpha value is -1.61. The molecule has 2 aromatic rings. The fraction of sp³-hybridized carbons (Fsp3) is 0.357. The lowest BCUT2D eigenvalue weighted by molar-refractivity contribution is 0.0994. The van der Waals surface area contributed by atoms with Gasteiger partial charge in [0.15, 0.2) is 5.78 Å². The summed E-state index contributed by atoms with van der Waals surface area (Å²) in [6, 6.07) is 6.11. The molecule has 3 heteroatoms. The van der Waals surface area contributed by atoms with Crippen molar-refractivity contribution >= 4 is 16.7 Å². The summed E-state index contributed by atoms with van der Waals surface area (Å²) in [6.07, 6.45) is 0. The Kier molecular flexibility index (Phi) is 3.03. The fourth-order valence-electron chi connectivity index (χ4n) is 2.44. The highest BCUT2D eigenvalue weighted by molar-refractivity contribution is 6.10. The number of rotatable bonds is 3. The van der Waals surface area contributed by atoms with Crippen molar-refractivity contribution < 1.29 is 4.79 Å². The lowest BCUT2D eigenvalue weighted by Gasteiger charge is -2.01. The van der Waals surface area contributed by atoms with Crippen molar-refractivity contribution in [1.82, 2.24) is 9.88 Å². The summed E-state index contributed by atoms with van der Waals surface area (Å²) in [5, 5.41) is 3.98. The van der Waals surface area contributed by atoms with E-state index >= 15 is 0 Å². The van der Waals surface area contributed by atoms with Gasteiger partial charge in [0.25, 0.3) is 0 Å². The molecule has 0 atom stereocenters. The summed E-state index contributed by atoms with van der Waals surface area (Å²) in [6.45, 7) is 4.46. The average molecular weight is 230 g/mol. The van der Waals surface area contributed by atoms with E-state index in [0.29, 0.717) is 6.54 Å².